The molecule has 2 aliphatic carbocycles. The molecule has 2 N–H and O–H groups in total. The highest BCUT2D eigenvalue weighted by atomic mass is 14.5. The molecule has 0 aliphatic heterocycles. The van der Waals surface area contributed by atoms with Crippen LogP contribution in [0.4, 0.5) is 5.69 Å². The third kappa shape index (κ3) is 5.50. The number of hydrogen-bond donors (Lipinski definition) is 1. The monoisotopic (exact) mass is 341 g/mol. The zero-order valence-corrected chi connectivity index (χ0v) is 16.4. The van der Waals surface area contributed by atoms with Crippen LogP contribution in [0.15, 0.2) is 24.3 Å². The molecule has 0 bridgehead atoms. The number of unbranched alkanes of at least 4 members (excludes halogenated alkanes) is 3. The number of anilines is 1. The predicted octanol–water partition coefficient (Wildman–Crippen LogP) is 7.32. The highest BCUT2D eigenvalue weighted by Crippen LogP contribution is 2.44. The van der Waals surface area contributed by atoms with Crippen LogP contribution in [-0.2, 0) is 0 Å². The van der Waals surface area contributed by atoms with Crippen molar-refractivity contribution in [2.24, 2.45) is 17.8 Å². The molecule has 3 rings (SSSR count). The Kier molecular flexibility index (Phi) is 7.25. The van der Waals surface area contributed by atoms with Gasteiger partial charge in [-0.25, -0.2) is 0 Å². The smallest absolute Gasteiger partial charge is 0.0314 e. The highest BCUT2D eigenvalue weighted by Gasteiger charge is 2.31. The van der Waals surface area contributed by atoms with E-state index < -0.39 is 0 Å². The lowest BCUT2D eigenvalue weighted by Crippen LogP contribution is -2.25. The summed E-state index contributed by atoms with van der Waals surface area (Å²) in [6, 6.07) is 8.65. The molecule has 0 radical (unpaired) electrons. The van der Waals surface area contributed by atoms with Crippen molar-refractivity contribution in [1.29, 1.82) is 0 Å². The fraction of sp³-hybridized carbons (Fsp3) is 0.750. The molecule has 0 unspecified atom stereocenters. The van der Waals surface area contributed by atoms with E-state index in [1.165, 1.54) is 89.0 Å². The van der Waals surface area contributed by atoms with Gasteiger partial charge in [0.25, 0.3) is 0 Å². The summed E-state index contributed by atoms with van der Waals surface area (Å²) in [5, 5.41) is 0. The van der Waals surface area contributed by atoms with E-state index in [-0.39, 0.29) is 0 Å². The van der Waals surface area contributed by atoms with E-state index in [0.717, 1.165) is 29.4 Å². The summed E-state index contributed by atoms with van der Waals surface area (Å²) in [4.78, 5) is 0. The van der Waals surface area contributed by atoms with Crippen LogP contribution in [0.3, 0.4) is 0 Å². The SMILES string of the molecule is CCCCCCC1CCC([C@H]2CC[C@H](c3ccc(N)cc3)CC2)CC1. The number of nitrogens with two attached hydrogens (primary N) is 1. The number of rotatable bonds is 7. The Labute approximate surface area is 155 Å². The molecule has 1 heteroatoms. The standard InChI is InChI=1S/C24H39N/c1-2-3-4-5-6-19-7-9-20(10-8-19)21-11-13-22(14-12-21)23-15-17-24(25)18-16-23/h15-22H,2-14,25H2,1H3/t19?,20?,21-,22-. The van der Waals surface area contributed by atoms with Gasteiger partial charge in [-0.15, -0.1) is 0 Å². The predicted molar refractivity (Wildman–Crippen MR) is 110 cm³/mol. The topological polar surface area (TPSA) is 26.0 Å². The van der Waals surface area contributed by atoms with E-state index in [9.17, 15) is 0 Å². The number of benzene rings is 1. The van der Waals surface area contributed by atoms with Crippen molar-refractivity contribution >= 4 is 5.69 Å². The van der Waals surface area contributed by atoms with Gasteiger partial charge in [0.1, 0.15) is 0 Å². The zero-order chi connectivity index (χ0) is 17.5. The largest absolute Gasteiger partial charge is 0.399 e. The Bertz CT molecular complexity index is 475. The quantitative estimate of drug-likeness (QED) is 0.408. The van der Waals surface area contributed by atoms with Gasteiger partial charge in [0, 0.05) is 5.69 Å². The maximum atomic E-state index is 5.83. The van der Waals surface area contributed by atoms with Crippen LogP contribution in [0.25, 0.3) is 0 Å². The van der Waals surface area contributed by atoms with Gasteiger partial charge in [-0.05, 0) is 79.9 Å². The minimum atomic E-state index is 0.784. The first-order valence-corrected chi connectivity index (χ1v) is 11.1. The third-order valence-corrected chi connectivity index (χ3v) is 7.20. The van der Waals surface area contributed by atoms with E-state index >= 15 is 0 Å². The first-order chi connectivity index (χ1) is 12.3. The molecule has 25 heavy (non-hydrogen) atoms. The third-order valence-electron chi connectivity index (χ3n) is 7.20. The van der Waals surface area contributed by atoms with Gasteiger partial charge < -0.3 is 5.73 Å². The molecule has 1 aromatic carbocycles. The van der Waals surface area contributed by atoms with Gasteiger partial charge in [0.2, 0.25) is 0 Å². The van der Waals surface area contributed by atoms with E-state index in [1.807, 2.05) is 0 Å². The van der Waals surface area contributed by atoms with Crippen LogP contribution in [0, 0.1) is 17.8 Å². The Morgan fingerprint density at radius 3 is 1.96 bits per heavy atom. The zero-order valence-electron chi connectivity index (χ0n) is 16.4. The van der Waals surface area contributed by atoms with Crippen LogP contribution in [-0.4, -0.2) is 0 Å². The second kappa shape index (κ2) is 9.64. The molecule has 2 aliphatic rings. The molecule has 0 amide bonds. The lowest BCUT2D eigenvalue weighted by atomic mass is 9.68. The van der Waals surface area contributed by atoms with E-state index in [4.69, 9.17) is 5.73 Å². The van der Waals surface area contributed by atoms with E-state index in [0.29, 0.717) is 0 Å². The van der Waals surface area contributed by atoms with Crippen molar-refractivity contribution in [1.82, 2.24) is 0 Å². The van der Waals surface area contributed by atoms with Gasteiger partial charge in [-0.1, -0.05) is 64.0 Å². The maximum absolute atomic E-state index is 5.83. The van der Waals surface area contributed by atoms with Gasteiger partial charge in [0.15, 0.2) is 0 Å². The second-order valence-electron chi connectivity index (χ2n) is 8.91. The molecule has 0 heterocycles. The minimum Gasteiger partial charge on any atom is -0.399 e. The Hall–Kier alpha value is -0.980. The summed E-state index contributed by atoms with van der Waals surface area (Å²) >= 11 is 0. The molecule has 140 valence electrons. The van der Waals surface area contributed by atoms with Crippen LogP contribution in [0.1, 0.15) is 102 Å². The van der Waals surface area contributed by atoms with Crippen molar-refractivity contribution in [2.45, 2.75) is 96.3 Å². The van der Waals surface area contributed by atoms with E-state index in [2.05, 4.69) is 31.2 Å². The van der Waals surface area contributed by atoms with Crippen LogP contribution >= 0.6 is 0 Å². The molecule has 2 saturated carbocycles. The van der Waals surface area contributed by atoms with Crippen LogP contribution in [0.5, 0.6) is 0 Å². The molecule has 2 fully saturated rings. The molecule has 1 aromatic rings. The Morgan fingerprint density at radius 2 is 1.36 bits per heavy atom. The van der Waals surface area contributed by atoms with E-state index in [1.54, 1.807) is 0 Å². The van der Waals surface area contributed by atoms with Gasteiger partial charge >= 0.3 is 0 Å². The molecule has 0 spiro atoms. The summed E-state index contributed by atoms with van der Waals surface area (Å²) in [5.41, 5.74) is 8.24. The summed E-state index contributed by atoms with van der Waals surface area (Å²) in [6.07, 6.45) is 19.1. The first kappa shape index (κ1) is 18.8. The van der Waals surface area contributed by atoms with Crippen molar-refractivity contribution in [3.8, 4) is 0 Å². The van der Waals surface area contributed by atoms with Crippen LogP contribution < -0.4 is 5.73 Å². The summed E-state index contributed by atoms with van der Waals surface area (Å²) in [6.45, 7) is 2.31. The fourth-order valence-electron chi connectivity index (χ4n) is 5.50. The molecule has 0 aromatic heterocycles. The summed E-state index contributed by atoms with van der Waals surface area (Å²) in [7, 11) is 0. The van der Waals surface area contributed by atoms with Crippen molar-refractivity contribution in [2.75, 3.05) is 5.73 Å². The van der Waals surface area contributed by atoms with Gasteiger partial charge in [-0.2, -0.15) is 0 Å². The Morgan fingerprint density at radius 1 is 0.760 bits per heavy atom. The first-order valence-electron chi connectivity index (χ1n) is 11.1. The van der Waals surface area contributed by atoms with Crippen LogP contribution in [0.2, 0.25) is 0 Å². The lowest BCUT2D eigenvalue weighted by Gasteiger charge is -2.38. The minimum absolute atomic E-state index is 0.784. The lowest BCUT2D eigenvalue weighted by molar-refractivity contribution is 0.155. The second-order valence-corrected chi connectivity index (χ2v) is 8.91. The fourth-order valence-corrected chi connectivity index (χ4v) is 5.50. The van der Waals surface area contributed by atoms with Crippen molar-refractivity contribution in [3.05, 3.63) is 29.8 Å². The Balaban J connectivity index is 1.37. The maximum Gasteiger partial charge on any atom is 0.0314 e. The normalized spacial score (nSPS) is 30.3. The summed E-state index contributed by atoms with van der Waals surface area (Å²) < 4.78 is 0. The average molecular weight is 342 g/mol. The molecular weight excluding hydrogens is 302 g/mol. The molecular formula is C24H39N. The molecule has 1 nitrogen and oxygen atoms in total. The summed E-state index contributed by atoms with van der Waals surface area (Å²) in [5.74, 6) is 3.90. The van der Waals surface area contributed by atoms with Gasteiger partial charge in [-0.3, -0.25) is 0 Å². The number of hydrogen-bond acceptors (Lipinski definition) is 1. The van der Waals surface area contributed by atoms with Crippen molar-refractivity contribution in [3.63, 3.8) is 0 Å². The molecule has 0 saturated heterocycles. The van der Waals surface area contributed by atoms with Crippen molar-refractivity contribution < 1.29 is 0 Å². The average Bonchev–Trinajstić information content (AvgIpc) is 2.67. The molecule has 0 atom stereocenters. The number of nitrogen functional groups attached to an aromatic ring is 1. The highest BCUT2D eigenvalue weighted by molar-refractivity contribution is 5.40. The van der Waals surface area contributed by atoms with Gasteiger partial charge in [0.05, 0.1) is 0 Å².